The third kappa shape index (κ3) is 3.47. The zero-order chi connectivity index (χ0) is 11.1. The van der Waals surface area contributed by atoms with E-state index < -0.39 is 0 Å². The fraction of sp³-hybridized carbons (Fsp3) is 0.0714. The highest BCUT2D eigenvalue weighted by Gasteiger charge is 1.85. The van der Waals surface area contributed by atoms with Crippen LogP contribution in [0.1, 0.15) is 5.56 Å². The standard InChI is InChI=1S/C14H12NP/c1-3-7-13(8-4-1)11-16-12-15-14-9-5-2-6-10-14/h1-10H,11H2. The van der Waals surface area contributed by atoms with Crippen molar-refractivity contribution in [3.05, 3.63) is 66.2 Å². The quantitative estimate of drug-likeness (QED) is 0.543. The molecule has 0 saturated carbocycles. The largest absolute Gasteiger partial charge is 0.202 e. The molecule has 0 bridgehead atoms. The molecule has 0 radical (unpaired) electrons. The molecule has 0 heterocycles. The minimum Gasteiger partial charge on any atom is -0.202 e. The second-order valence-corrected chi connectivity index (χ2v) is 4.18. The Kier molecular flexibility index (Phi) is 4.08. The number of nitrogens with zero attached hydrogens (tertiary/aromatic N) is 1. The maximum Gasteiger partial charge on any atom is 0.0733 e. The lowest BCUT2D eigenvalue weighted by atomic mass is 10.2. The van der Waals surface area contributed by atoms with E-state index in [2.05, 4.69) is 34.8 Å². The summed E-state index contributed by atoms with van der Waals surface area (Å²) in [5, 5.41) is 0. The van der Waals surface area contributed by atoms with Crippen LogP contribution >= 0.6 is 8.20 Å². The molecule has 0 unspecified atom stereocenters. The van der Waals surface area contributed by atoms with Crippen LogP contribution in [0.15, 0.2) is 65.7 Å². The molecule has 0 spiro atoms. The second-order valence-electron chi connectivity index (χ2n) is 3.35. The molecule has 16 heavy (non-hydrogen) atoms. The van der Waals surface area contributed by atoms with Crippen molar-refractivity contribution in [1.29, 1.82) is 0 Å². The Hall–Kier alpha value is -1.68. The van der Waals surface area contributed by atoms with Gasteiger partial charge in [0.25, 0.3) is 0 Å². The van der Waals surface area contributed by atoms with Gasteiger partial charge < -0.3 is 0 Å². The maximum absolute atomic E-state index is 4.26. The molecule has 0 fully saturated rings. The Labute approximate surface area is 97.3 Å². The molecule has 0 aliphatic rings. The lowest BCUT2D eigenvalue weighted by Crippen LogP contribution is -1.72. The van der Waals surface area contributed by atoms with Gasteiger partial charge in [-0.05, 0) is 25.9 Å². The van der Waals surface area contributed by atoms with E-state index in [0.29, 0.717) is 0 Å². The van der Waals surface area contributed by atoms with Crippen LogP contribution in [0.5, 0.6) is 0 Å². The molecule has 0 saturated heterocycles. The molecular formula is C14H12NP. The maximum atomic E-state index is 4.26. The number of hydrogen-bond donors (Lipinski definition) is 0. The van der Waals surface area contributed by atoms with Crippen molar-refractivity contribution in [3.8, 4) is 0 Å². The summed E-state index contributed by atoms with van der Waals surface area (Å²) in [4.78, 5) is 4.26. The van der Waals surface area contributed by atoms with Gasteiger partial charge >= 0.3 is 0 Å². The molecule has 0 amide bonds. The number of aliphatic imine (C=N–C) groups is 1. The highest BCUT2D eigenvalue weighted by Crippen LogP contribution is 2.11. The fourth-order valence-electron chi connectivity index (χ4n) is 1.31. The average Bonchev–Trinajstić information content (AvgIpc) is 2.37. The van der Waals surface area contributed by atoms with E-state index in [-0.39, 0.29) is 0 Å². The molecule has 0 aromatic heterocycles. The first-order valence-electron chi connectivity index (χ1n) is 5.16. The predicted octanol–water partition coefficient (Wildman–Crippen LogP) is 4.37. The molecule has 0 N–H and O–H groups in total. The summed E-state index contributed by atoms with van der Waals surface area (Å²) in [5.41, 5.74) is 5.33. The van der Waals surface area contributed by atoms with E-state index in [1.165, 1.54) is 5.56 Å². The molecule has 1 nitrogen and oxygen atoms in total. The van der Waals surface area contributed by atoms with Crippen molar-refractivity contribution in [3.63, 3.8) is 0 Å². The van der Waals surface area contributed by atoms with Gasteiger partial charge in [0.05, 0.1) is 5.69 Å². The second kappa shape index (κ2) is 6.02. The number of benzene rings is 2. The molecule has 78 valence electrons. The fourth-order valence-corrected chi connectivity index (χ4v) is 1.96. The molecule has 2 aromatic carbocycles. The first kappa shape index (κ1) is 10.8. The van der Waals surface area contributed by atoms with Crippen LogP contribution in [0.2, 0.25) is 0 Å². The Morgan fingerprint density at radius 2 is 1.50 bits per heavy atom. The van der Waals surface area contributed by atoms with Crippen LogP contribution in [0, 0.1) is 0 Å². The van der Waals surface area contributed by atoms with E-state index in [0.717, 1.165) is 20.1 Å². The van der Waals surface area contributed by atoms with Crippen LogP contribution in [-0.4, -0.2) is 5.59 Å². The van der Waals surface area contributed by atoms with Crippen LogP contribution in [0.3, 0.4) is 0 Å². The molecule has 0 atom stereocenters. The van der Waals surface area contributed by atoms with E-state index in [1.54, 1.807) is 0 Å². The van der Waals surface area contributed by atoms with Crippen molar-refractivity contribution in [2.24, 2.45) is 4.99 Å². The van der Waals surface area contributed by atoms with Gasteiger partial charge in [0.2, 0.25) is 0 Å². The molecular weight excluding hydrogens is 213 g/mol. The van der Waals surface area contributed by atoms with Crippen molar-refractivity contribution in [2.75, 3.05) is 0 Å². The molecule has 0 aliphatic carbocycles. The van der Waals surface area contributed by atoms with Crippen molar-refractivity contribution in [2.45, 2.75) is 6.16 Å². The van der Waals surface area contributed by atoms with Gasteiger partial charge in [-0.15, -0.1) is 0 Å². The topological polar surface area (TPSA) is 12.4 Å². The van der Waals surface area contributed by atoms with Gasteiger partial charge in [-0.3, -0.25) is 0 Å². The normalized spacial score (nSPS) is 9.75. The Morgan fingerprint density at radius 1 is 0.875 bits per heavy atom. The molecule has 2 rings (SSSR count). The summed E-state index contributed by atoms with van der Waals surface area (Å²) in [6.45, 7) is 0. The van der Waals surface area contributed by atoms with Gasteiger partial charge in [0, 0.05) is 11.8 Å². The Balaban J connectivity index is 1.98. The smallest absolute Gasteiger partial charge is 0.0733 e. The summed E-state index contributed by atoms with van der Waals surface area (Å²) in [6.07, 6.45) is 0.969. The summed E-state index contributed by atoms with van der Waals surface area (Å²) in [6, 6.07) is 20.3. The molecule has 2 aromatic rings. The van der Waals surface area contributed by atoms with Gasteiger partial charge in [-0.1, -0.05) is 48.5 Å². The third-order valence-corrected chi connectivity index (χ3v) is 2.88. The molecule has 0 aliphatic heterocycles. The summed E-state index contributed by atoms with van der Waals surface area (Å²) >= 11 is 0. The minimum atomic E-state index is 0.961. The van der Waals surface area contributed by atoms with Crippen molar-refractivity contribution < 1.29 is 0 Å². The van der Waals surface area contributed by atoms with Crippen molar-refractivity contribution >= 4 is 19.5 Å². The SMILES string of the molecule is C(=Nc1ccccc1)=PCc1ccccc1. The number of hydrogen-bond acceptors (Lipinski definition) is 1. The van der Waals surface area contributed by atoms with Crippen molar-refractivity contribution in [1.82, 2.24) is 0 Å². The highest BCUT2D eigenvalue weighted by atomic mass is 31.1. The minimum absolute atomic E-state index is 0.961. The van der Waals surface area contributed by atoms with Gasteiger partial charge in [0.1, 0.15) is 0 Å². The zero-order valence-electron chi connectivity index (χ0n) is 8.88. The van der Waals surface area contributed by atoms with Gasteiger partial charge in [0.15, 0.2) is 0 Å². The van der Waals surface area contributed by atoms with Crippen LogP contribution in [-0.2, 0) is 6.16 Å². The Morgan fingerprint density at radius 3 is 2.19 bits per heavy atom. The lowest BCUT2D eigenvalue weighted by Gasteiger charge is -1.91. The summed E-state index contributed by atoms with van der Waals surface area (Å²) < 4.78 is 0. The van der Waals surface area contributed by atoms with Crippen LogP contribution in [0.4, 0.5) is 5.69 Å². The number of para-hydroxylation sites is 1. The zero-order valence-corrected chi connectivity index (χ0v) is 9.77. The number of rotatable bonds is 3. The first-order valence-corrected chi connectivity index (χ1v) is 6.24. The summed E-state index contributed by atoms with van der Waals surface area (Å²) in [5.74, 6) is 0. The lowest BCUT2D eigenvalue weighted by molar-refractivity contribution is 1.42. The van der Waals surface area contributed by atoms with E-state index >= 15 is 0 Å². The third-order valence-electron chi connectivity index (χ3n) is 2.11. The van der Waals surface area contributed by atoms with Crippen LogP contribution in [0.25, 0.3) is 0 Å². The van der Waals surface area contributed by atoms with Crippen LogP contribution < -0.4 is 0 Å². The average molecular weight is 225 g/mol. The first-order chi connectivity index (χ1) is 7.95. The Bertz CT molecular complexity index is 485. The van der Waals surface area contributed by atoms with Gasteiger partial charge in [-0.2, -0.15) is 0 Å². The van der Waals surface area contributed by atoms with E-state index in [4.69, 9.17) is 0 Å². The van der Waals surface area contributed by atoms with E-state index in [9.17, 15) is 0 Å². The summed E-state index contributed by atoms with van der Waals surface area (Å²) in [7, 11) is 1.10. The predicted molar refractivity (Wildman–Crippen MR) is 70.6 cm³/mol. The van der Waals surface area contributed by atoms with E-state index in [1.807, 2.05) is 36.4 Å². The monoisotopic (exact) mass is 225 g/mol. The van der Waals surface area contributed by atoms with Gasteiger partial charge in [-0.25, -0.2) is 4.99 Å². The highest BCUT2D eigenvalue weighted by molar-refractivity contribution is 7.36. The molecule has 2 heteroatoms.